The highest BCUT2D eigenvalue weighted by Gasteiger charge is 2.19. The molecule has 1 aliphatic heterocycles. The van der Waals surface area contributed by atoms with Gasteiger partial charge in [0.15, 0.2) is 5.96 Å². The van der Waals surface area contributed by atoms with Crippen molar-refractivity contribution in [3.63, 3.8) is 0 Å². The summed E-state index contributed by atoms with van der Waals surface area (Å²) in [5, 5.41) is 6.74. The quantitative estimate of drug-likeness (QED) is 0.403. The first kappa shape index (κ1) is 18.2. The van der Waals surface area contributed by atoms with Crippen molar-refractivity contribution in [2.45, 2.75) is 46.6 Å². The summed E-state index contributed by atoms with van der Waals surface area (Å²) in [5.41, 5.74) is 0. The summed E-state index contributed by atoms with van der Waals surface area (Å²) >= 11 is 0. The summed E-state index contributed by atoms with van der Waals surface area (Å²) in [4.78, 5) is 9.82. The van der Waals surface area contributed by atoms with E-state index in [9.17, 15) is 0 Å². The van der Waals surface area contributed by atoms with Gasteiger partial charge < -0.3 is 15.5 Å². The SMILES string of the molecule is CCCCNC(=NCC(C)N1CCN(CC)CC1)NCC. The molecular formula is C16H35N5. The summed E-state index contributed by atoms with van der Waals surface area (Å²) in [6.45, 7) is 17.6. The average Bonchev–Trinajstić information content (AvgIpc) is 2.52. The van der Waals surface area contributed by atoms with Crippen LogP contribution in [0.3, 0.4) is 0 Å². The molecule has 5 heteroatoms. The number of rotatable bonds is 8. The van der Waals surface area contributed by atoms with E-state index >= 15 is 0 Å². The number of likely N-dealkylation sites (N-methyl/N-ethyl adjacent to an activating group) is 1. The van der Waals surface area contributed by atoms with Crippen molar-refractivity contribution in [1.29, 1.82) is 0 Å². The van der Waals surface area contributed by atoms with Crippen molar-refractivity contribution < 1.29 is 0 Å². The zero-order valence-electron chi connectivity index (χ0n) is 14.5. The molecule has 0 aliphatic carbocycles. The van der Waals surface area contributed by atoms with E-state index in [0.29, 0.717) is 6.04 Å². The standard InChI is InChI=1S/C16H35N5/c1-5-8-9-18-16(17-6-2)19-14-15(4)21-12-10-20(7-3)11-13-21/h15H,5-14H2,1-4H3,(H2,17,18,19). The lowest BCUT2D eigenvalue weighted by Gasteiger charge is -2.37. The maximum atomic E-state index is 4.74. The van der Waals surface area contributed by atoms with Crippen LogP contribution in [-0.2, 0) is 0 Å². The summed E-state index contributed by atoms with van der Waals surface area (Å²) in [6, 6.07) is 0.519. The highest BCUT2D eigenvalue weighted by molar-refractivity contribution is 5.79. The van der Waals surface area contributed by atoms with Gasteiger partial charge in [-0.15, -0.1) is 0 Å². The Kier molecular flexibility index (Phi) is 9.42. The minimum Gasteiger partial charge on any atom is -0.357 e. The third-order valence-corrected chi connectivity index (χ3v) is 4.16. The normalized spacial score (nSPS) is 19.5. The highest BCUT2D eigenvalue weighted by Crippen LogP contribution is 2.06. The predicted octanol–water partition coefficient (Wildman–Crippen LogP) is 1.37. The maximum absolute atomic E-state index is 4.74. The first-order chi connectivity index (χ1) is 10.2. The van der Waals surface area contributed by atoms with Gasteiger partial charge in [-0.25, -0.2) is 0 Å². The molecule has 21 heavy (non-hydrogen) atoms. The molecule has 0 aromatic rings. The van der Waals surface area contributed by atoms with Crippen LogP contribution in [0.5, 0.6) is 0 Å². The van der Waals surface area contributed by atoms with E-state index in [1.807, 2.05) is 0 Å². The predicted molar refractivity (Wildman–Crippen MR) is 92.0 cm³/mol. The zero-order valence-corrected chi connectivity index (χ0v) is 14.5. The Morgan fingerprint density at radius 3 is 2.38 bits per heavy atom. The number of unbranched alkanes of at least 4 members (excludes halogenated alkanes) is 1. The fraction of sp³-hybridized carbons (Fsp3) is 0.938. The molecule has 0 bridgehead atoms. The molecule has 0 spiro atoms. The average molecular weight is 297 g/mol. The van der Waals surface area contributed by atoms with Crippen molar-refractivity contribution >= 4 is 5.96 Å². The molecule has 0 saturated carbocycles. The largest absolute Gasteiger partial charge is 0.357 e. The molecule has 1 heterocycles. The number of aliphatic imine (C=N–C) groups is 1. The second kappa shape index (κ2) is 10.9. The summed E-state index contributed by atoms with van der Waals surface area (Å²) in [7, 11) is 0. The molecule has 1 unspecified atom stereocenters. The van der Waals surface area contributed by atoms with Gasteiger partial charge in [0.1, 0.15) is 0 Å². The maximum Gasteiger partial charge on any atom is 0.191 e. The van der Waals surface area contributed by atoms with Crippen molar-refractivity contribution in [3.8, 4) is 0 Å². The van der Waals surface area contributed by atoms with Gasteiger partial charge in [-0.3, -0.25) is 9.89 Å². The molecule has 0 radical (unpaired) electrons. The van der Waals surface area contributed by atoms with Crippen LogP contribution in [0.4, 0.5) is 0 Å². The Hall–Kier alpha value is -0.810. The molecule has 5 nitrogen and oxygen atoms in total. The zero-order chi connectivity index (χ0) is 15.5. The Morgan fingerprint density at radius 1 is 1.10 bits per heavy atom. The first-order valence-electron chi connectivity index (χ1n) is 8.69. The van der Waals surface area contributed by atoms with Crippen LogP contribution >= 0.6 is 0 Å². The second-order valence-electron chi connectivity index (χ2n) is 5.82. The summed E-state index contributed by atoms with van der Waals surface area (Å²) < 4.78 is 0. The molecule has 0 amide bonds. The number of guanidine groups is 1. The van der Waals surface area contributed by atoms with Crippen molar-refractivity contribution in [2.24, 2.45) is 4.99 Å². The lowest BCUT2D eigenvalue weighted by Crippen LogP contribution is -2.50. The third kappa shape index (κ3) is 7.14. The van der Waals surface area contributed by atoms with Gasteiger partial charge in [0, 0.05) is 45.3 Å². The minimum absolute atomic E-state index is 0.519. The van der Waals surface area contributed by atoms with Crippen molar-refractivity contribution in [1.82, 2.24) is 20.4 Å². The van der Waals surface area contributed by atoms with Gasteiger partial charge in [-0.1, -0.05) is 20.3 Å². The number of hydrogen-bond acceptors (Lipinski definition) is 3. The van der Waals surface area contributed by atoms with Crippen LogP contribution in [0.2, 0.25) is 0 Å². The molecule has 124 valence electrons. The summed E-state index contributed by atoms with van der Waals surface area (Å²) in [6.07, 6.45) is 2.41. The van der Waals surface area contributed by atoms with Crippen LogP contribution in [0.1, 0.15) is 40.5 Å². The number of nitrogens with zero attached hydrogens (tertiary/aromatic N) is 3. The van der Waals surface area contributed by atoms with Crippen LogP contribution < -0.4 is 10.6 Å². The number of hydrogen-bond donors (Lipinski definition) is 2. The summed E-state index contributed by atoms with van der Waals surface area (Å²) in [5.74, 6) is 0.963. The minimum atomic E-state index is 0.519. The van der Waals surface area contributed by atoms with Gasteiger partial charge >= 0.3 is 0 Å². The van der Waals surface area contributed by atoms with Gasteiger partial charge in [-0.2, -0.15) is 0 Å². The lowest BCUT2D eigenvalue weighted by atomic mass is 10.2. The third-order valence-electron chi connectivity index (χ3n) is 4.16. The van der Waals surface area contributed by atoms with Crippen LogP contribution in [0.15, 0.2) is 4.99 Å². The number of piperazine rings is 1. The molecule has 1 fully saturated rings. The smallest absolute Gasteiger partial charge is 0.191 e. The van der Waals surface area contributed by atoms with E-state index in [0.717, 1.165) is 25.6 Å². The molecule has 0 aromatic heterocycles. The van der Waals surface area contributed by atoms with Crippen LogP contribution in [0, 0.1) is 0 Å². The van der Waals surface area contributed by atoms with E-state index < -0.39 is 0 Å². The van der Waals surface area contributed by atoms with Gasteiger partial charge in [0.05, 0.1) is 6.54 Å². The Labute approximate surface area is 131 Å². The number of nitrogens with one attached hydrogen (secondary N) is 2. The van der Waals surface area contributed by atoms with E-state index in [-0.39, 0.29) is 0 Å². The molecule has 0 aromatic carbocycles. The fourth-order valence-electron chi connectivity index (χ4n) is 2.58. The van der Waals surface area contributed by atoms with Crippen LogP contribution in [-0.4, -0.2) is 74.2 Å². The van der Waals surface area contributed by atoms with Gasteiger partial charge in [0.25, 0.3) is 0 Å². The monoisotopic (exact) mass is 297 g/mol. The van der Waals surface area contributed by atoms with Crippen molar-refractivity contribution in [2.75, 3.05) is 52.4 Å². The first-order valence-corrected chi connectivity index (χ1v) is 8.69. The van der Waals surface area contributed by atoms with Gasteiger partial charge in [-0.05, 0) is 26.8 Å². The Bertz CT molecular complexity index is 284. The Balaban J connectivity index is 2.36. The Morgan fingerprint density at radius 2 is 1.81 bits per heavy atom. The second-order valence-corrected chi connectivity index (χ2v) is 5.82. The van der Waals surface area contributed by atoms with Crippen molar-refractivity contribution in [3.05, 3.63) is 0 Å². The van der Waals surface area contributed by atoms with Gasteiger partial charge in [0.2, 0.25) is 0 Å². The molecule has 1 atom stereocenters. The highest BCUT2D eigenvalue weighted by atomic mass is 15.3. The molecule has 1 saturated heterocycles. The van der Waals surface area contributed by atoms with E-state index in [1.165, 1.54) is 45.6 Å². The molecule has 2 N–H and O–H groups in total. The van der Waals surface area contributed by atoms with E-state index in [4.69, 9.17) is 4.99 Å². The topological polar surface area (TPSA) is 42.9 Å². The molecule has 1 aliphatic rings. The lowest BCUT2D eigenvalue weighted by molar-refractivity contribution is 0.109. The van der Waals surface area contributed by atoms with E-state index in [2.05, 4.69) is 48.1 Å². The molecular weight excluding hydrogens is 262 g/mol. The van der Waals surface area contributed by atoms with Crippen LogP contribution in [0.25, 0.3) is 0 Å². The van der Waals surface area contributed by atoms with E-state index in [1.54, 1.807) is 0 Å². The molecule has 1 rings (SSSR count). The fourth-order valence-corrected chi connectivity index (χ4v) is 2.58.